The summed E-state index contributed by atoms with van der Waals surface area (Å²) in [7, 11) is 0. The molecule has 7 heteroatoms. The van der Waals surface area contributed by atoms with Crippen molar-refractivity contribution in [2.75, 3.05) is 11.4 Å². The van der Waals surface area contributed by atoms with Gasteiger partial charge in [0.15, 0.2) is 0 Å². The first-order chi connectivity index (χ1) is 10.1. The minimum absolute atomic E-state index is 0.0285. The molecule has 1 heterocycles. The first-order valence-corrected chi connectivity index (χ1v) is 7.45. The predicted molar refractivity (Wildman–Crippen MR) is 79.6 cm³/mol. The van der Waals surface area contributed by atoms with Crippen molar-refractivity contribution >= 4 is 28.9 Å². The number of carbonyl (C=O) groups is 1. The van der Waals surface area contributed by atoms with Crippen LogP contribution in [-0.4, -0.2) is 29.5 Å². The number of amides is 1. The Labute approximate surface area is 127 Å². The van der Waals surface area contributed by atoms with Gasteiger partial charge in [-0.25, -0.2) is 0 Å². The molecule has 1 amide bonds. The average molecular weight is 310 g/mol. The summed E-state index contributed by atoms with van der Waals surface area (Å²) in [4.78, 5) is 24.9. The molecule has 1 aliphatic carbocycles. The molecule has 2 aliphatic rings. The second kappa shape index (κ2) is 5.52. The van der Waals surface area contributed by atoms with Crippen LogP contribution >= 0.6 is 11.6 Å². The van der Waals surface area contributed by atoms with Crippen LogP contribution in [0.3, 0.4) is 0 Å². The second-order valence-electron chi connectivity index (χ2n) is 5.52. The molecule has 1 saturated carbocycles. The van der Waals surface area contributed by atoms with Gasteiger partial charge in [0, 0.05) is 23.7 Å². The SMILES string of the molecule is O=C(NC1CC1)[C@@H]1CCCN1c1ccc(Cl)cc1[N+](=O)[O-]. The van der Waals surface area contributed by atoms with Crippen molar-refractivity contribution in [3.63, 3.8) is 0 Å². The lowest BCUT2D eigenvalue weighted by Crippen LogP contribution is -2.44. The van der Waals surface area contributed by atoms with Crippen LogP contribution in [-0.2, 0) is 4.79 Å². The molecule has 0 unspecified atom stereocenters. The average Bonchev–Trinajstić information content (AvgIpc) is 3.12. The molecule has 6 nitrogen and oxygen atoms in total. The zero-order valence-electron chi connectivity index (χ0n) is 11.4. The van der Waals surface area contributed by atoms with Gasteiger partial charge in [-0.3, -0.25) is 14.9 Å². The van der Waals surface area contributed by atoms with Crippen LogP contribution in [0.5, 0.6) is 0 Å². The predicted octanol–water partition coefficient (Wildman–Crippen LogP) is 2.50. The molecule has 0 spiro atoms. The Morgan fingerprint density at radius 3 is 2.81 bits per heavy atom. The second-order valence-corrected chi connectivity index (χ2v) is 5.96. The van der Waals surface area contributed by atoms with Gasteiger partial charge in [0.25, 0.3) is 5.69 Å². The Morgan fingerprint density at radius 2 is 2.14 bits per heavy atom. The summed E-state index contributed by atoms with van der Waals surface area (Å²) in [5.74, 6) is -0.0285. The molecule has 3 rings (SSSR count). The first kappa shape index (κ1) is 14.1. The summed E-state index contributed by atoms with van der Waals surface area (Å²) >= 11 is 5.84. The first-order valence-electron chi connectivity index (χ1n) is 7.07. The van der Waals surface area contributed by atoms with Crippen molar-refractivity contribution in [1.82, 2.24) is 5.32 Å². The van der Waals surface area contributed by atoms with E-state index in [1.54, 1.807) is 12.1 Å². The fraction of sp³-hybridized carbons (Fsp3) is 0.500. The van der Waals surface area contributed by atoms with Gasteiger partial charge in [-0.05, 0) is 37.8 Å². The highest BCUT2D eigenvalue weighted by molar-refractivity contribution is 6.30. The van der Waals surface area contributed by atoms with E-state index in [-0.39, 0.29) is 17.6 Å². The number of anilines is 1. The Kier molecular flexibility index (Phi) is 3.71. The number of carbonyl (C=O) groups excluding carboxylic acids is 1. The smallest absolute Gasteiger partial charge is 0.294 e. The highest BCUT2D eigenvalue weighted by Crippen LogP contribution is 2.35. The van der Waals surface area contributed by atoms with E-state index in [1.807, 2.05) is 4.90 Å². The molecule has 1 saturated heterocycles. The third kappa shape index (κ3) is 2.95. The summed E-state index contributed by atoms with van der Waals surface area (Å²) in [6.45, 7) is 0.644. The molecule has 2 fully saturated rings. The topological polar surface area (TPSA) is 75.5 Å². The van der Waals surface area contributed by atoms with Gasteiger partial charge in [-0.2, -0.15) is 0 Å². The molecule has 112 valence electrons. The zero-order valence-corrected chi connectivity index (χ0v) is 12.2. The molecule has 1 aromatic carbocycles. The van der Waals surface area contributed by atoms with Crippen LogP contribution in [0.1, 0.15) is 25.7 Å². The molecule has 1 aromatic rings. The summed E-state index contributed by atoms with van der Waals surface area (Å²) in [6.07, 6.45) is 3.62. The Bertz CT molecular complexity index is 589. The molecule has 0 aromatic heterocycles. The third-order valence-corrected chi connectivity index (χ3v) is 4.16. The number of nitrogens with one attached hydrogen (secondary N) is 1. The minimum Gasteiger partial charge on any atom is -0.354 e. The van der Waals surface area contributed by atoms with Crippen LogP contribution in [0.2, 0.25) is 5.02 Å². The van der Waals surface area contributed by atoms with Crippen molar-refractivity contribution in [2.45, 2.75) is 37.8 Å². The monoisotopic (exact) mass is 309 g/mol. The number of nitro groups is 1. The maximum atomic E-state index is 12.3. The van der Waals surface area contributed by atoms with Gasteiger partial charge in [0.1, 0.15) is 11.7 Å². The van der Waals surface area contributed by atoms with E-state index in [2.05, 4.69) is 5.32 Å². The van der Waals surface area contributed by atoms with Crippen LogP contribution in [0.25, 0.3) is 0 Å². The van der Waals surface area contributed by atoms with Crippen molar-refractivity contribution in [3.8, 4) is 0 Å². The molecule has 0 bridgehead atoms. The number of nitrogens with zero attached hydrogens (tertiary/aromatic N) is 2. The van der Waals surface area contributed by atoms with Gasteiger partial charge in [0.05, 0.1) is 4.92 Å². The number of hydrogen-bond acceptors (Lipinski definition) is 4. The molecule has 21 heavy (non-hydrogen) atoms. The number of rotatable bonds is 4. The Hall–Kier alpha value is -1.82. The zero-order chi connectivity index (χ0) is 15.0. The maximum absolute atomic E-state index is 12.3. The fourth-order valence-electron chi connectivity index (χ4n) is 2.74. The van der Waals surface area contributed by atoms with Gasteiger partial charge in [-0.15, -0.1) is 0 Å². The number of hydrogen-bond donors (Lipinski definition) is 1. The largest absolute Gasteiger partial charge is 0.354 e. The lowest BCUT2D eigenvalue weighted by atomic mass is 10.1. The van der Waals surface area contributed by atoms with Crippen LogP contribution in [0.4, 0.5) is 11.4 Å². The summed E-state index contributed by atoms with van der Waals surface area (Å²) in [5.41, 5.74) is 0.423. The molecule has 1 N–H and O–H groups in total. The van der Waals surface area contributed by atoms with E-state index in [9.17, 15) is 14.9 Å². The summed E-state index contributed by atoms with van der Waals surface area (Å²) in [5, 5.41) is 14.5. The number of benzene rings is 1. The van der Waals surface area contributed by atoms with Crippen molar-refractivity contribution in [3.05, 3.63) is 33.3 Å². The van der Waals surface area contributed by atoms with E-state index in [0.29, 0.717) is 23.3 Å². The Morgan fingerprint density at radius 1 is 1.38 bits per heavy atom. The minimum atomic E-state index is -0.449. The van der Waals surface area contributed by atoms with Gasteiger partial charge in [0.2, 0.25) is 5.91 Å². The molecular formula is C14H16ClN3O3. The Balaban J connectivity index is 1.87. The number of nitro benzene ring substituents is 1. The van der Waals surface area contributed by atoms with E-state index >= 15 is 0 Å². The lowest BCUT2D eigenvalue weighted by molar-refractivity contribution is -0.384. The quantitative estimate of drug-likeness (QED) is 0.685. The van der Waals surface area contributed by atoms with Crippen molar-refractivity contribution in [2.24, 2.45) is 0 Å². The van der Waals surface area contributed by atoms with Gasteiger partial charge >= 0.3 is 0 Å². The summed E-state index contributed by atoms with van der Waals surface area (Å²) in [6, 6.07) is 4.55. The summed E-state index contributed by atoms with van der Waals surface area (Å²) < 4.78 is 0. The van der Waals surface area contributed by atoms with E-state index in [0.717, 1.165) is 25.7 Å². The number of halogens is 1. The normalized spacial score (nSPS) is 21.4. The van der Waals surface area contributed by atoms with Gasteiger partial charge in [-0.1, -0.05) is 11.6 Å². The van der Waals surface area contributed by atoms with Crippen LogP contribution < -0.4 is 10.2 Å². The maximum Gasteiger partial charge on any atom is 0.294 e. The van der Waals surface area contributed by atoms with E-state index < -0.39 is 4.92 Å². The highest BCUT2D eigenvalue weighted by Gasteiger charge is 2.36. The van der Waals surface area contributed by atoms with Crippen molar-refractivity contribution < 1.29 is 9.72 Å². The van der Waals surface area contributed by atoms with Crippen molar-refractivity contribution in [1.29, 1.82) is 0 Å². The lowest BCUT2D eigenvalue weighted by Gasteiger charge is -2.25. The molecule has 0 radical (unpaired) electrons. The fourth-order valence-corrected chi connectivity index (χ4v) is 2.90. The van der Waals surface area contributed by atoms with Crippen LogP contribution in [0.15, 0.2) is 18.2 Å². The molecule has 1 aliphatic heterocycles. The van der Waals surface area contributed by atoms with Crippen LogP contribution in [0, 0.1) is 10.1 Å². The molecular weight excluding hydrogens is 294 g/mol. The third-order valence-electron chi connectivity index (χ3n) is 3.92. The van der Waals surface area contributed by atoms with E-state index in [4.69, 9.17) is 11.6 Å². The molecule has 1 atom stereocenters. The van der Waals surface area contributed by atoms with E-state index in [1.165, 1.54) is 6.07 Å². The van der Waals surface area contributed by atoms with Gasteiger partial charge < -0.3 is 10.2 Å². The highest BCUT2D eigenvalue weighted by atomic mass is 35.5. The standard InChI is InChI=1S/C14H16ClN3O3/c15-9-3-6-11(13(8-9)18(20)21)17-7-1-2-12(17)14(19)16-10-4-5-10/h3,6,8,10,12H,1-2,4-5,7H2,(H,16,19)/t12-/m0/s1.